The summed E-state index contributed by atoms with van der Waals surface area (Å²) >= 11 is 0. The van der Waals surface area contributed by atoms with Gasteiger partial charge in [0.1, 0.15) is 17.2 Å². The molecule has 0 bridgehead atoms. The second-order valence-electron chi connectivity index (χ2n) is 7.28. The molecule has 1 saturated heterocycles. The minimum absolute atomic E-state index is 0.182. The van der Waals surface area contributed by atoms with Crippen molar-refractivity contribution in [2.24, 2.45) is 0 Å². The van der Waals surface area contributed by atoms with Crippen molar-refractivity contribution in [1.82, 2.24) is 9.21 Å². The lowest BCUT2D eigenvalue weighted by atomic mass is 10.1. The third-order valence-electron chi connectivity index (χ3n) is 5.31. The summed E-state index contributed by atoms with van der Waals surface area (Å²) in [4.78, 5) is 15.0. The molecule has 4 rings (SSSR count). The van der Waals surface area contributed by atoms with Crippen LogP contribution >= 0.6 is 0 Å². The highest BCUT2D eigenvalue weighted by Gasteiger charge is 2.31. The zero-order chi connectivity index (χ0) is 22.6. The molecule has 0 spiro atoms. The minimum atomic E-state index is -3.63. The molecular weight excluding hydrogens is 428 g/mol. The minimum Gasteiger partial charge on any atom is -0.497 e. The number of sulfonamides is 1. The molecule has 1 heterocycles. The number of carbonyl (C=O) groups excluding carboxylic acids is 1. The van der Waals surface area contributed by atoms with E-state index in [0.717, 1.165) is 0 Å². The van der Waals surface area contributed by atoms with Gasteiger partial charge in [-0.2, -0.15) is 4.31 Å². The number of amides is 1. The van der Waals surface area contributed by atoms with Gasteiger partial charge in [0.05, 0.1) is 17.6 Å². The summed E-state index contributed by atoms with van der Waals surface area (Å²) in [5.41, 5.74) is 0.447. The zero-order valence-corrected chi connectivity index (χ0v) is 18.5. The summed E-state index contributed by atoms with van der Waals surface area (Å²) in [5.74, 6) is 1.52. The first-order valence-corrected chi connectivity index (χ1v) is 11.7. The Labute approximate surface area is 187 Å². The molecule has 32 heavy (non-hydrogen) atoms. The summed E-state index contributed by atoms with van der Waals surface area (Å²) in [6, 6.07) is 22.6. The number of piperazine rings is 1. The van der Waals surface area contributed by atoms with Gasteiger partial charge in [0.15, 0.2) is 0 Å². The van der Waals surface area contributed by atoms with Crippen molar-refractivity contribution in [3.63, 3.8) is 0 Å². The summed E-state index contributed by atoms with van der Waals surface area (Å²) in [6.45, 7) is 1.05. The molecule has 3 aromatic carbocycles. The van der Waals surface area contributed by atoms with E-state index in [-0.39, 0.29) is 23.9 Å². The van der Waals surface area contributed by atoms with Crippen LogP contribution in [0.4, 0.5) is 0 Å². The van der Waals surface area contributed by atoms with Crippen LogP contribution in [0.3, 0.4) is 0 Å². The van der Waals surface area contributed by atoms with Crippen LogP contribution in [0.5, 0.6) is 17.2 Å². The smallest absolute Gasteiger partial charge is 0.257 e. The van der Waals surface area contributed by atoms with E-state index in [2.05, 4.69) is 0 Å². The molecule has 0 radical (unpaired) electrons. The van der Waals surface area contributed by atoms with E-state index in [1.54, 1.807) is 35.2 Å². The number of hydrogen-bond acceptors (Lipinski definition) is 5. The lowest BCUT2D eigenvalue weighted by molar-refractivity contribution is 0.0695. The fourth-order valence-electron chi connectivity index (χ4n) is 3.55. The zero-order valence-electron chi connectivity index (χ0n) is 17.7. The van der Waals surface area contributed by atoms with Crippen molar-refractivity contribution in [1.29, 1.82) is 0 Å². The number of hydrogen-bond donors (Lipinski definition) is 0. The van der Waals surface area contributed by atoms with Crippen LogP contribution in [0.2, 0.25) is 0 Å². The van der Waals surface area contributed by atoms with Crippen molar-refractivity contribution >= 4 is 15.9 Å². The molecule has 3 aromatic rings. The number of para-hydroxylation sites is 2. The molecule has 0 unspecified atom stereocenters. The summed E-state index contributed by atoms with van der Waals surface area (Å²) in [6.07, 6.45) is 0. The molecule has 8 heteroatoms. The maximum atomic E-state index is 13.2. The number of nitrogens with zero attached hydrogens (tertiary/aromatic N) is 2. The van der Waals surface area contributed by atoms with Gasteiger partial charge >= 0.3 is 0 Å². The maximum absolute atomic E-state index is 13.2. The fourth-order valence-corrected chi connectivity index (χ4v) is 4.97. The average Bonchev–Trinajstić information content (AvgIpc) is 2.85. The summed E-state index contributed by atoms with van der Waals surface area (Å²) in [7, 11) is -2.10. The average molecular weight is 453 g/mol. The van der Waals surface area contributed by atoms with Gasteiger partial charge in [-0.25, -0.2) is 8.42 Å². The SMILES string of the molecule is COc1ccc(S(=O)(=O)N2CCN(C(=O)c3ccccc3Oc3ccccc3)CC2)cc1. The van der Waals surface area contributed by atoms with Gasteiger partial charge in [0.2, 0.25) is 10.0 Å². The topological polar surface area (TPSA) is 76.2 Å². The van der Waals surface area contributed by atoms with Crippen LogP contribution in [-0.2, 0) is 10.0 Å². The molecule has 1 aliphatic rings. The van der Waals surface area contributed by atoms with Gasteiger partial charge in [0.25, 0.3) is 5.91 Å². The highest BCUT2D eigenvalue weighted by Crippen LogP contribution is 2.27. The van der Waals surface area contributed by atoms with Crippen LogP contribution < -0.4 is 9.47 Å². The van der Waals surface area contributed by atoms with Crippen LogP contribution in [0.1, 0.15) is 10.4 Å². The van der Waals surface area contributed by atoms with E-state index >= 15 is 0 Å². The van der Waals surface area contributed by atoms with E-state index in [9.17, 15) is 13.2 Å². The highest BCUT2D eigenvalue weighted by molar-refractivity contribution is 7.89. The predicted molar refractivity (Wildman–Crippen MR) is 121 cm³/mol. The Morgan fingerprint density at radius 3 is 2.06 bits per heavy atom. The van der Waals surface area contributed by atoms with Gasteiger partial charge in [-0.1, -0.05) is 30.3 Å². The second kappa shape index (κ2) is 9.42. The molecular formula is C24H24N2O5S. The first-order chi connectivity index (χ1) is 15.5. The monoisotopic (exact) mass is 452 g/mol. The Morgan fingerprint density at radius 1 is 0.781 bits per heavy atom. The predicted octanol–water partition coefficient (Wildman–Crippen LogP) is 3.63. The molecule has 166 valence electrons. The standard InChI is InChI=1S/C24H24N2O5S/c1-30-19-11-13-21(14-12-19)32(28,29)26-17-15-25(16-18-26)24(27)22-9-5-6-10-23(22)31-20-7-3-2-4-8-20/h2-14H,15-18H2,1H3. The van der Waals surface area contributed by atoms with Gasteiger partial charge < -0.3 is 14.4 Å². The molecule has 0 N–H and O–H groups in total. The van der Waals surface area contributed by atoms with Crippen molar-refractivity contribution in [3.8, 4) is 17.2 Å². The quantitative estimate of drug-likeness (QED) is 0.571. The number of benzene rings is 3. The Morgan fingerprint density at radius 2 is 1.41 bits per heavy atom. The molecule has 0 saturated carbocycles. The number of methoxy groups -OCH3 is 1. The van der Waals surface area contributed by atoms with Gasteiger partial charge in [-0.3, -0.25) is 4.79 Å². The van der Waals surface area contributed by atoms with Crippen LogP contribution in [-0.4, -0.2) is 56.8 Å². The Hall–Kier alpha value is -3.36. The van der Waals surface area contributed by atoms with Crippen molar-refractivity contribution in [3.05, 3.63) is 84.4 Å². The summed E-state index contributed by atoms with van der Waals surface area (Å²) < 4.78 is 38.3. The van der Waals surface area contributed by atoms with E-state index in [1.165, 1.54) is 23.5 Å². The first-order valence-electron chi connectivity index (χ1n) is 10.2. The normalized spacial score (nSPS) is 14.7. The van der Waals surface area contributed by atoms with Crippen LogP contribution in [0, 0.1) is 0 Å². The largest absolute Gasteiger partial charge is 0.497 e. The van der Waals surface area contributed by atoms with E-state index in [0.29, 0.717) is 35.9 Å². The van der Waals surface area contributed by atoms with Gasteiger partial charge in [-0.05, 0) is 48.5 Å². The summed E-state index contributed by atoms with van der Waals surface area (Å²) in [5, 5.41) is 0. The molecule has 1 aliphatic heterocycles. The molecule has 7 nitrogen and oxygen atoms in total. The second-order valence-corrected chi connectivity index (χ2v) is 9.22. The van der Waals surface area contributed by atoms with Crippen LogP contribution in [0.15, 0.2) is 83.8 Å². The van der Waals surface area contributed by atoms with Gasteiger partial charge in [0, 0.05) is 26.2 Å². The lowest BCUT2D eigenvalue weighted by Gasteiger charge is -2.34. The lowest BCUT2D eigenvalue weighted by Crippen LogP contribution is -2.50. The molecule has 1 amide bonds. The van der Waals surface area contributed by atoms with Crippen molar-refractivity contribution in [2.45, 2.75) is 4.90 Å². The number of rotatable bonds is 6. The Kier molecular flexibility index (Phi) is 6.43. The third kappa shape index (κ3) is 4.61. The van der Waals surface area contributed by atoms with E-state index in [4.69, 9.17) is 9.47 Å². The number of ether oxygens (including phenoxy) is 2. The molecule has 0 aromatic heterocycles. The molecule has 1 fully saturated rings. The van der Waals surface area contributed by atoms with Crippen LogP contribution in [0.25, 0.3) is 0 Å². The highest BCUT2D eigenvalue weighted by atomic mass is 32.2. The Bertz CT molecular complexity index is 1170. The third-order valence-corrected chi connectivity index (χ3v) is 7.22. The first kappa shape index (κ1) is 21.9. The van der Waals surface area contributed by atoms with Crippen molar-refractivity contribution in [2.75, 3.05) is 33.3 Å². The van der Waals surface area contributed by atoms with E-state index < -0.39 is 10.0 Å². The molecule has 0 atom stereocenters. The van der Waals surface area contributed by atoms with Gasteiger partial charge in [-0.15, -0.1) is 0 Å². The number of carbonyl (C=O) groups is 1. The van der Waals surface area contributed by atoms with E-state index in [1.807, 2.05) is 36.4 Å². The fraction of sp³-hybridized carbons (Fsp3) is 0.208. The van der Waals surface area contributed by atoms with Crippen molar-refractivity contribution < 1.29 is 22.7 Å². The molecule has 0 aliphatic carbocycles. The Balaban J connectivity index is 1.45. The maximum Gasteiger partial charge on any atom is 0.257 e.